The minimum atomic E-state index is -0.591. The molecule has 0 bridgehead atoms. The number of benzene rings is 1. The highest BCUT2D eigenvalue weighted by Crippen LogP contribution is 2.21. The van der Waals surface area contributed by atoms with E-state index in [9.17, 15) is 9.59 Å². The molecule has 6 nitrogen and oxygen atoms in total. The number of carbonyl (C=O) groups excluding carboxylic acids is 2. The summed E-state index contributed by atoms with van der Waals surface area (Å²) in [5.41, 5.74) is 1.10. The lowest BCUT2D eigenvalue weighted by atomic mass is 10.1. The first-order chi connectivity index (χ1) is 11.3. The molecule has 1 aromatic heterocycles. The fourth-order valence-electron chi connectivity index (χ4n) is 2.16. The van der Waals surface area contributed by atoms with Crippen molar-refractivity contribution in [3.8, 4) is 11.3 Å². The second-order valence-corrected chi connectivity index (χ2v) is 6.40. The fourth-order valence-corrected chi connectivity index (χ4v) is 2.16. The number of nitrogens with zero attached hydrogens (tertiary/aromatic N) is 3. The minimum absolute atomic E-state index is 0.140. The first kappa shape index (κ1) is 17.6. The van der Waals surface area contributed by atoms with E-state index in [2.05, 4.69) is 9.97 Å². The van der Waals surface area contributed by atoms with Gasteiger partial charge in [0.2, 0.25) is 0 Å². The Balaban J connectivity index is 2.20. The highest BCUT2D eigenvalue weighted by Gasteiger charge is 2.23. The van der Waals surface area contributed by atoms with Crippen LogP contribution < -0.4 is 0 Å². The van der Waals surface area contributed by atoms with Crippen LogP contribution >= 0.6 is 0 Å². The molecule has 1 heterocycles. The molecule has 0 aliphatic heterocycles. The van der Waals surface area contributed by atoms with E-state index >= 15 is 0 Å². The van der Waals surface area contributed by atoms with E-state index in [1.807, 2.05) is 30.3 Å². The van der Waals surface area contributed by atoms with Gasteiger partial charge in [0.05, 0.1) is 11.3 Å². The zero-order valence-corrected chi connectivity index (χ0v) is 14.3. The van der Waals surface area contributed by atoms with E-state index in [4.69, 9.17) is 4.74 Å². The highest BCUT2D eigenvalue weighted by atomic mass is 16.6. The second-order valence-electron chi connectivity index (χ2n) is 6.40. The second kappa shape index (κ2) is 7.21. The molecule has 2 rings (SSSR count). The van der Waals surface area contributed by atoms with Crippen molar-refractivity contribution in [1.82, 2.24) is 14.9 Å². The lowest BCUT2D eigenvalue weighted by Gasteiger charge is -2.23. The average molecular weight is 327 g/mol. The fraction of sp³-hybridized carbons (Fsp3) is 0.333. The Bertz CT molecular complexity index is 724. The standard InChI is InChI=1S/C18H21N3O3/c1-18(2,3)24-15(22)11-21(4)17(23)14-10-19-12-20-16(14)13-8-6-5-7-9-13/h5-10,12H,11H2,1-4H3. The maximum Gasteiger partial charge on any atom is 0.326 e. The van der Waals surface area contributed by atoms with Crippen LogP contribution in [0, 0.1) is 0 Å². The number of carbonyl (C=O) groups is 2. The molecule has 24 heavy (non-hydrogen) atoms. The van der Waals surface area contributed by atoms with Crippen LogP contribution in [0.1, 0.15) is 31.1 Å². The Hall–Kier alpha value is -2.76. The number of ether oxygens (including phenoxy) is 1. The lowest BCUT2D eigenvalue weighted by Crippen LogP contribution is -2.36. The van der Waals surface area contributed by atoms with Gasteiger partial charge in [-0.1, -0.05) is 30.3 Å². The van der Waals surface area contributed by atoms with Crippen LogP contribution in [-0.2, 0) is 9.53 Å². The quantitative estimate of drug-likeness (QED) is 0.807. The molecular formula is C18H21N3O3. The van der Waals surface area contributed by atoms with Gasteiger partial charge in [0.1, 0.15) is 18.5 Å². The molecule has 126 valence electrons. The van der Waals surface area contributed by atoms with Gasteiger partial charge in [0, 0.05) is 18.8 Å². The van der Waals surface area contributed by atoms with E-state index in [0.29, 0.717) is 11.3 Å². The molecule has 2 aromatic rings. The number of esters is 1. The summed E-state index contributed by atoms with van der Waals surface area (Å²) < 4.78 is 5.25. The van der Waals surface area contributed by atoms with Crippen LogP contribution in [0.2, 0.25) is 0 Å². The van der Waals surface area contributed by atoms with E-state index < -0.39 is 11.6 Å². The number of amides is 1. The van der Waals surface area contributed by atoms with Gasteiger partial charge in [-0.25, -0.2) is 9.97 Å². The van der Waals surface area contributed by atoms with Crippen LogP contribution in [0.3, 0.4) is 0 Å². The molecule has 0 unspecified atom stereocenters. The van der Waals surface area contributed by atoms with E-state index in [1.165, 1.54) is 17.4 Å². The summed E-state index contributed by atoms with van der Waals surface area (Å²) >= 11 is 0. The molecule has 0 saturated carbocycles. The van der Waals surface area contributed by atoms with E-state index in [-0.39, 0.29) is 12.5 Å². The van der Waals surface area contributed by atoms with Gasteiger partial charge in [0.15, 0.2) is 0 Å². The zero-order valence-electron chi connectivity index (χ0n) is 14.3. The van der Waals surface area contributed by atoms with Crippen LogP contribution in [-0.4, -0.2) is 45.9 Å². The van der Waals surface area contributed by atoms with Crippen molar-refractivity contribution >= 4 is 11.9 Å². The smallest absolute Gasteiger partial charge is 0.326 e. The van der Waals surface area contributed by atoms with Crippen LogP contribution in [0.25, 0.3) is 11.3 Å². The first-order valence-corrected chi connectivity index (χ1v) is 7.60. The normalized spacial score (nSPS) is 11.0. The third kappa shape index (κ3) is 4.62. The van der Waals surface area contributed by atoms with Gasteiger partial charge in [0.25, 0.3) is 5.91 Å². The maximum absolute atomic E-state index is 12.7. The van der Waals surface area contributed by atoms with Gasteiger partial charge in [-0.2, -0.15) is 0 Å². The van der Waals surface area contributed by atoms with Crippen molar-refractivity contribution in [2.45, 2.75) is 26.4 Å². The van der Waals surface area contributed by atoms with Gasteiger partial charge in [-0.15, -0.1) is 0 Å². The summed E-state index contributed by atoms with van der Waals surface area (Å²) in [5, 5.41) is 0. The number of hydrogen-bond donors (Lipinski definition) is 0. The number of aromatic nitrogens is 2. The predicted octanol–water partition coefficient (Wildman–Crippen LogP) is 2.56. The molecule has 0 saturated heterocycles. The van der Waals surface area contributed by atoms with Crippen molar-refractivity contribution in [2.75, 3.05) is 13.6 Å². The van der Waals surface area contributed by atoms with Crippen molar-refractivity contribution < 1.29 is 14.3 Å². The van der Waals surface area contributed by atoms with Crippen molar-refractivity contribution in [2.24, 2.45) is 0 Å². The van der Waals surface area contributed by atoms with Crippen molar-refractivity contribution in [3.05, 3.63) is 48.4 Å². The molecule has 0 atom stereocenters. The van der Waals surface area contributed by atoms with Crippen LogP contribution in [0.15, 0.2) is 42.9 Å². The third-order valence-electron chi connectivity index (χ3n) is 3.12. The molecule has 0 radical (unpaired) electrons. The summed E-state index contributed by atoms with van der Waals surface area (Å²) in [6, 6.07) is 9.37. The average Bonchev–Trinajstić information content (AvgIpc) is 2.53. The molecular weight excluding hydrogens is 306 g/mol. The minimum Gasteiger partial charge on any atom is -0.459 e. The Labute approximate surface area is 141 Å². The Kier molecular flexibility index (Phi) is 5.28. The summed E-state index contributed by atoms with van der Waals surface area (Å²) in [4.78, 5) is 34.0. The van der Waals surface area contributed by atoms with E-state index in [0.717, 1.165) is 5.56 Å². The summed E-state index contributed by atoms with van der Waals surface area (Å²) in [5.74, 6) is -0.795. The van der Waals surface area contributed by atoms with Gasteiger partial charge >= 0.3 is 5.97 Å². The van der Waals surface area contributed by atoms with Crippen LogP contribution in [0.5, 0.6) is 0 Å². The van der Waals surface area contributed by atoms with Crippen molar-refractivity contribution in [1.29, 1.82) is 0 Å². The molecule has 0 N–H and O–H groups in total. The molecule has 1 aromatic carbocycles. The largest absolute Gasteiger partial charge is 0.459 e. The molecule has 0 fully saturated rings. The molecule has 0 aliphatic rings. The number of rotatable bonds is 4. The Morgan fingerprint density at radius 2 is 1.83 bits per heavy atom. The SMILES string of the molecule is CN(CC(=O)OC(C)(C)C)C(=O)c1cncnc1-c1ccccc1. The highest BCUT2D eigenvalue weighted by molar-refractivity contribution is 6.00. The third-order valence-corrected chi connectivity index (χ3v) is 3.12. The monoisotopic (exact) mass is 327 g/mol. The van der Waals surface area contributed by atoms with Gasteiger partial charge in [-0.3, -0.25) is 9.59 Å². The Morgan fingerprint density at radius 3 is 2.46 bits per heavy atom. The molecule has 0 aliphatic carbocycles. The van der Waals surface area contributed by atoms with E-state index in [1.54, 1.807) is 27.8 Å². The number of likely N-dealkylation sites (N-methyl/N-ethyl adjacent to an activating group) is 1. The summed E-state index contributed by atoms with van der Waals surface area (Å²) in [6.45, 7) is 5.21. The first-order valence-electron chi connectivity index (χ1n) is 7.60. The van der Waals surface area contributed by atoms with Crippen molar-refractivity contribution in [3.63, 3.8) is 0 Å². The molecule has 6 heteroatoms. The maximum atomic E-state index is 12.7. The molecule has 1 amide bonds. The summed E-state index contributed by atoms with van der Waals surface area (Å²) in [6.07, 6.45) is 2.86. The van der Waals surface area contributed by atoms with Gasteiger partial charge < -0.3 is 9.64 Å². The van der Waals surface area contributed by atoms with Gasteiger partial charge in [-0.05, 0) is 20.8 Å². The summed E-state index contributed by atoms with van der Waals surface area (Å²) in [7, 11) is 1.55. The predicted molar refractivity (Wildman–Crippen MR) is 90.3 cm³/mol. The number of hydrogen-bond acceptors (Lipinski definition) is 5. The lowest BCUT2D eigenvalue weighted by molar-refractivity contribution is -0.155. The molecule has 0 spiro atoms. The topological polar surface area (TPSA) is 72.4 Å². The zero-order chi connectivity index (χ0) is 17.7. The Morgan fingerprint density at radius 1 is 1.17 bits per heavy atom. The van der Waals surface area contributed by atoms with Crippen LogP contribution in [0.4, 0.5) is 0 Å².